The lowest BCUT2D eigenvalue weighted by atomic mass is 10.1. The van der Waals surface area contributed by atoms with Gasteiger partial charge in [-0.15, -0.1) is 0 Å². The molecule has 1 aliphatic rings. The summed E-state index contributed by atoms with van der Waals surface area (Å²) in [6, 6.07) is 9.56. The maximum Gasteiger partial charge on any atom is 0.244 e. The van der Waals surface area contributed by atoms with Gasteiger partial charge in [-0.25, -0.2) is 0 Å². The molecule has 20 heavy (non-hydrogen) atoms. The van der Waals surface area contributed by atoms with Crippen molar-refractivity contribution >= 4 is 5.91 Å². The molecule has 1 aromatic rings. The Morgan fingerprint density at radius 1 is 1.35 bits per heavy atom. The van der Waals surface area contributed by atoms with Crippen LogP contribution in [0.15, 0.2) is 30.3 Å². The zero-order chi connectivity index (χ0) is 14.5. The maximum absolute atomic E-state index is 12.5. The second-order valence-electron chi connectivity index (χ2n) is 5.34. The van der Waals surface area contributed by atoms with Crippen LogP contribution in [0.3, 0.4) is 0 Å². The van der Waals surface area contributed by atoms with E-state index >= 15 is 0 Å². The first-order valence-electron chi connectivity index (χ1n) is 7.50. The van der Waals surface area contributed by atoms with Gasteiger partial charge in [0.25, 0.3) is 0 Å². The molecule has 4 nitrogen and oxygen atoms in total. The van der Waals surface area contributed by atoms with Crippen LogP contribution in [-0.2, 0) is 4.79 Å². The molecule has 1 fully saturated rings. The van der Waals surface area contributed by atoms with Crippen LogP contribution >= 0.6 is 0 Å². The van der Waals surface area contributed by atoms with Gasteiger partial charge in [-0.1, -0.05) is 44.2 Å². The van der Waals surface area contributed by atoms with Crippen molar-refractivity contribution in [1.29, 1.82) is 0 Å². The molecule has 2 N–H and O–H groups in total. The van der Waals surface area contributed by atoms with E-state index in [4.69, 9.17) is 5.73 Å². The van der Waals surface area contributed by atoms with Gasteiger partial charge in [0.1, 0.15) is 6.04 Å². The quantitative estimate of drug-likeness (QED) is 0.888. The summed E-state index contributed by atoms with van der Waals surface area (Å²) in [4.78, 5) is 16.8. The Kier molecular flexibility index (Phi) is 5.15. The molecule has 2 rings (SSSR count). The van der Waals surface area contributed by atoms with E-state index in [1.165, 1.54) is 0 Å². The second kappa shape index (κ2) is 6.86. The minimum atomic E-state index is -0.536. The first-order valence-corrected chi connectivity index (χ1v) is 7.50. The predicted octanol–water partition coefficient (Wildman–Crippen LogP) is 1.63. The van der Waals surface area contributed by atoms with Gasteiger partial charge in [-0.3, -0.25) is 9.69 Å². The molecule has 0 bridgehead atoms. The molecule has 0 saturated carbocycles. The zero-order valence-electron chi connectivity index (χ0n) is 12.5. The van der Waals surface area contributed by atoms with Crippen LogP contribution in [0.1, 0.15) is 31.9 Å². The molecule has 4 heteroatoms. The molecule has 1 aromatic carbocycles. The van der Waals surface area contributed by atoms with E-state index in [1.54, 1.807) is 0 Å². The third-order valence-electron chi connectivity index (χ3n) is 4.23. The lowest BCUT2D eigenvalue weighted by Gasteiger charge is -2.27. The fourth-order valence-electron chi connectivity index (χ4n) is 2.98. The molecule has 1 saturated heterocycles. The number of carbonyl (C=O) groups excluding carboxylic acids is 1. The smallest absolute Gasteiger partial charge is 0.244 e. The van der Waals surface area contributed by atoms with Crippen LogP contribution in [0.2, 0.25) is 0 Å². The highest BCUT2D eigenvalue weighted by atomic mass is 16.2. The summed E-state index contributed by atoms with van der Waals surface area (Å²) >= 11 is 0. The molecular formula is C16H25N3O. The van der Waals surface area contributed by atoms with Crippen molar-refractivity contribution in [1.82, 2.24) is 9.80 Å². The number of benzene rings is 1. The molecule has 1 unspecified atom stereocenters. The molecule has 2 atom stereocenters. The first kappa shape index (κ1) is 15.0. The largest absolute Gasteiger partial charge is 0.339 e. The highest BCUT2D eigenvalue weighted by molar-refractivity contribution is 5.83. The zero-order valence-corrected chi connectivity index (χ0v) is 12.5. The minimum absolute atomic E-state index is 0.0471. The summed E-state index contributed by atoms with van der Waals surface area (Å²) in [7, 11) is 0. The third-order valence-corrected chi connectivity index (χ3v) is 4.23. The molecule has 1 amide bonds. The number of hydrogen-bond donors (Lipinski definition) is 1. The van der Waals surface area contributed by atoms with E-state index in [0.29, 0.717) is 6.04 Å². The van der Waals surface area contributed by atoms with E-state index in [0.717, 1.165) is 38.2 Å². The first-order chi connectivity index (χ1) is 9.67. The summed E-state index contributed by atoms with van der Waals surface area (Å²) in [5, 5.41) is 0. The molecule has 1 heterocycles. The number of likely N-dealkylation sites (tertiary alicyclic amines) is 1. The Bertz CT molecular complexity index is 431. The molecule has 0 aromatic heterocycles. The standard InChI is InChI=1S/C16H25N3O/c1-3-18(4-2)14-10-11-19(12-14)16(20)15(17)13-8-6-5-7-9-13/h5-9,14-15H,3-4,10-12,17H2,1-2H3/t14?,15-/m1/s1. The molecule has 0 aliphatic carbocycles. The van der Waals surface area contributed by atoms with Gasteiger partial charge in [-0.05, 0) is 25.1 Å². The van der Waals surface area contributed by atoms with Gasteiger partial charge >= 0.3 is 0 Å². The van der Waals surface area contributed by atoms with Gasteiger partial charge in [0.15, 0.2) is 0 Å². The Balaban J connectivity index is 1.98. The predicted molar refractivity (Wildman–Crippen MR) is 81.3 cm³/mol. The molecular weight excluding hydrogens is 250 g/mol. The van der Waals surface area contributed by atoms with E-state index in [2.05, 4.69) is 18.7 Å². The molecule has 0 spiro atoms. The van der Waals surface area contributed by atoms with Gasteiger partial charge < -0.3 is 10.6 Å². The fourth-order valence-corrected chi connectivity index (χ4v) is 2.98. The topological polar surface area (TPSA) is 49.6 Å². The lowest BCUT2D eigenvalue weighted by Crippen LogP contribution is -2.41. The normalized spacial score (nSPS) is 20.4. The highest BCUT2D eigenvalue weighted by Gasteiger charge is 2.31. The van der Waals surface area contributed by atoms with Crippen molar-refractivity contribution in [3.63, 3.8) is 0 Å². The minimum Gasteiger partial charge on any atom is -0.339 e. The van der Waals surface area contributed by atoms with Crippen LogP contribution in [0.5, 0.6) is 0 Å². The van der Waals surface area contributed by atoms with Crippen LogP contribution in [0, 0.1) is 0 Å². The SMILES string of the molecule is CCN(CC)C1CCN(C(=O)[C@H](N)c2ccccc2)C1. The van der Waals surface area contributed by atoms with E-state index in [1.807, 2.05) is 35.2 Å². The number of amides is 1. The monoisotopic (exact) mass is 275 g/mol. The van der Waals surface area contributed by atoms with E-state index in [9.17, 15) is 4.79 Å². The molecule has 0 radical (unpaired) electrons. The van der Waals surface area contributed by atoms with Gasteiger partial charge in [0.2, 0.25) is 5.91 Å². The Morgan fingerprint density at radius 3 is 2.60 bits per heavy atom. The number of carbonyl (C=O) groups is 1. The Morgan fingerprint density at radius 2 is 2.00 bits per heavy atom. The van der Waals surface area contributed by atoms with Crippen LogP contribution in [0.25, 0.3) is 0 Å². The summed E-state index contributed by atoms with van der Waals surface area (Å²) in [5.74, 6) is 0.0471. The maximum atomic E-state index is 12.5. The molecule has 110 valence electrons. The lowest BCUT2D eigenvalue weighted by molar-refractivity contribution is -0.131. The Labute approximate surface area is 121 Å². The summed E-state index contributed by atoms with van der Waals surface area (Å²) in [6.07, 6.45) is 1.05. The Hall–Kier alpha value is -1.39. The number of nitrogens with zero attached hydrogens (tertiary/aromatic N) is 2. The number of nitrogens with two attached hydrogens (primary N) is 1. The van der Waals surface area contributed by atoms with Crippen molar-refractivity contribution in [2.24, 2.45) is 5.73 Å². The average Bonchev–Trinajstić information content (AvgIpc) is 2.97. The third kappa shape index (κ3) is 3.19. The van der Waals surface area contributed by atoms with Crippen LogP contribution < -0.4 is 5.73 Å². The molecule has 1 aliphatic heterocycles. The number of hydrogen-bond acceptors (Lipinski definition) is 3. The summed E-state index contributed by atoms with van der Waals surface area (Å²) in [6.45, 7) is 8.04. The summed E-state index contributed by atoms with van der Waals surface area (Å²) < 4.78 is 0. The second-order valence-corrected chi connectivity index (χ2v) is 5.34. The fraction of sp³-hybridized carbons (Fsp3) is 0.562. The van der Waals surface area contributed by atoms with Crippen LogP contribution in [0.4, 0.5) is 0 Å². The van der Waals surface area contributed by atoms with Gasteiger partial charge in [-0.2, -0.15) is 0 Å². The van der Waals surface area contributed by atoms with E-state index in [-0.39, 0.29) is 5.91 Å². The average molecular weight is 275 g/mol. The number of rotatable bonds is 5. The van der Waals surface area contributed by atoms with Crippen molar-refractivity contribution in [2.75, 3.05) is 26.2 Å². The van der Waals surface area contributed by atoms with Crippen molar-refractivity contribution in [3.05, 3.63) is 35.9 Å². The van der Waals surface area contributed by atoms with Crippen molar-refractivity contribution in [3.8, 4) is 0 Å². The van der Waals surface area contributed by atoms with E-state index < -0.39 is 6.04 Å². The van der Waals surface area contributed by atoms with Gasteiger partial charge in [0, 0.05) is 19.1 Å². The van der Waals surface area contributed by atoms with Crippen molar-refractivity contribution in [2.45, 2.75) is 32.4 Å². The number of likely N-dealkylation sites (N-methyl/N-ethyl adjacent to an activating group) is 1. The van der Waals surface area contributed by atoms with Crippen LogP contribution in [-0.4, -0.2) is 47.9 Å². The van der Waals surface area contributed by atoms with Crippen molar-refractivity contribution < 1.29 is 4.79 Å². The highest BCUT2D eigenvalue weighted by Crippen LogP contribution is 2.20. The summed E-state index contributed by atoms with van der Waals surface area (Å²) in [5.41, 5.74) is 6.99. The van der Waals surface area contributed by atoms with Gasteiger partial charge in [0.05, 0.1) is 0 Å².